The minimum absolute atomic E-state index is 0.0460. The molecule has 0 aromatic heterocycles. The number of carboxylic acids is 1. The number of aryl methyl sites for hydroxylation is 1. The van der Waals surface area contributed by atoms with Crippen molar-refractivity contribution in [2.45, 2.75) is 25.8 Å². The summed E-state index contributed by atoms with van der Waals surface area (Å²) in [6.45, 7) is 1.87. The van der Waals surface area contributed by atoms with Crippen LogP contribution in [-0.4, -0.2) is 11.1 Å². The van der Waals surface area contributed by atoms with Crippen molar-refractivity contribution >= 4 is 17.6 Å². The fourth-order valence-corrected chi connectivity index (χ4v) is 1.75. The van der Waals surface area contributed by atoms with E-state index in [9.17, 15) is 4.79 Å². The van der Waals surface area contributed by atoms with Crippen molar-refractivity contribution in [3.63, 3.8) is 0 Å². The second-order valence-corrected chi connectivity index (χ2v) is 4.09. The first-order chi connectivity index (χ1) is 8.04. The highest BCUT2D eigenvalue weighted by Gasteiger charge is 2.14. The smallest absolute Gasteiger partial charge is 0.303 e. The van der Waals surface area contributed by atoms with Gasteiger partial charge in [0, 0.05) is 16.4 Å². The number of carboxylic acid groups (broad SMARTS) is 1. The van der Waals surface area contributed by atoms with Gasteiger partial charge >= 0.3 is 5.97 Å². The van der Waals surface area contributed by atoms with Crippen LogP contribution in [0, 0.1) is 6.92 Å². The fourth-order valence-electron chi connectivity index (χ4n) is 1.57. The Bertz CT molecular complexity index is 470. The van der Waals surface area contributed by atoms with Gasteiger partial charge < -0.3 is 5.11 Å². The molecule has 0 heterocycles. The Morgan fingerprint density at radius 1 is 1.65 bits per heavy atom. The number of rotatable bonds is 5. The van der Waals surface area contributed by atoms with E-state index in [0.29, 0.717) is 5.02 Å². The predicted molar refractivity (Wildman–Crippen MR) is 64.9 cm³/mol. The van der Waals surface area contributed by atoms with Crippen molar-refractivity contribution in [3.8, 4) is 0 Å². The number of hydrogen-bond acceptors (Lipinski definition) is 2. The maximum absolute atomic E-state index is 10.5. The molecular weight excluding hydrogens is 242 g/mol. The Morgan fingerprint density at radius 3 is 2.94 bits per heavy atom. The van der Waals surface area contributed by atoms with Crippen molar-refractivity contribution < 1.29 is 9.90 Å². The van der Waals surface area contributed by atoms with Crippen LogP contribution in [0.3, 0.4) is 0 Å². The molecule has 0 bridgehead atoms. The van der Waals surface area contributed by atoms with Crippen LogP contribution in [0.4, 0.5) is 0 Å². The molecule has 1 N–H and O–H groups in total. The summed E-state index contributed by atoms with van der Waals surface area (Å²) in [7, 11) is 0. The second kappa shape index (κ2) is 6.13. The highest BCUT2D eigenvalue weighted by Crippen LogP contribution is 2.28. The average molecular weight is 254 g/mol. The van der Waals surface area contributed by atoms with E-state index < -0.39 is 12.0 Å². The zero-order valence-corrected chi connectivity index (χ0v) is 10.1. The largest absolute Gasteiger partial charge is 0.481 e. The molecule has 0 aliphatic heterocycles. The predicted octanol–water partition coefficient (Wildman–Crippen LogP) is 3.86. The standard InChI is InChI=1S/C11H12ClN3O2/c1-7-2-3-8(12)6-9(7)10(14-15-13)4-5-11(16)17/h2-3,6,10H,4-5H2,1H3,(H,16,17). The van der Waals surface area contributed by atoms with Crippen LogP contribution in [-0.2, 0) is 4.79 Å². The third kappa shape index (κ3) is 3.98. The summed E-state index contributed by atoms with van der Waals surface area (Å²) >= 11 is 5.87. The van der Waals surface area contributed by atoms with Gasteiger partial charge in [0.1, 0.15) is 0 Å². The van der Waals surface area contributed by atoms with E-state index in [1.807, 2.05) is 13.0 Å². The minimum atomic E-state index is -0.914. The van der Waals surface area contributed by atoms with Crippen molar-refractivity contribution in [2.75, 3.05) is 0 Å². The van der Waals surface area contributed by atoms with Gasteiger partial charge in [-0.15, -0.1) is 0 Å². The summed E-state index contributed by atoms with van der Waals surface area (Å²) in [5.41, 5.74) is 10.2. The molecule has 1 aromatic carbocycles. The zero-order chi connectivity index (χ0) is 12.8. The number of benzene rings is 1. The Labute approximate surface area is 104 Å². The first-order valence-corrected chi connectivity index (χ1v) is 5.44. The lowest BCUT2D eigenvalue weighted by Gasteiger charge is -2.13. The molecule has 17 heavy (non-hydrogen) atoms. The maximum Gasteiger partial charge on any atom is 0.303 e. The van der Waals surface area contributed by atoms with E-state index in [2.05, 4.69) is 10.0 Å². The number of aliphatic carboxylic acids is 1. The van der Waals surface area contributed by atoms with Gasteiger partial charge in [0.2, 0.25) is 0 Å². The summed E-state index contributed by atoms with van der Waals surface area (Å²) in [5, 5.41) is 12.8. The van der Waals surface area contributed by atoms with Crippen molar-refractivity contribution in [1.82, 2.24) is 0 Å². The van der Waals surface area contributed by atoms with Gasteiger partial charge in [0.25, 0.3) is 0 Å². The summed E-state index contributed by atoms with van der Waals surface area (Å²) < 4.78 is 0. The zero-order valence-electron chi connectivity index (χ0n) is 9.30. The molecule has 0 spiro atoms. The number of azide groups is 1. The Balaban J connectivity index is 3.00. The second-order valence-electron chi connectivity index (χ2n) is 3.65. The molecule has 0 saturated carbocycles. The lowest BCUT2D eigenvalue weighted by atomic mass is 9.98. The molecule has 0 amide bonds. The van der Waals surface area contributed by atoms with E-state index >= 15 is 0 Å². The molecule has 0 aliphatic rings. The molecule has 6 heteroatoms. The van der Waals surface area contributed by atoms with Crippen LogP contribution in [0.1, 0.15) is 30.0 Å². The molecule has 90 valence electrons. The van der Waals surface area contributed by atoms with Gasteiger partial charge in [-0.25, -0.2) is 0 Å². The van der Waals surface area contributed by atoms with Gasteiger partial charge in [-0.05, 0) is 42.1 Å². The molecule has 1 rings (SSSR count). The average Bonchev–Trinajstić information content (AvgIpc) is 2.27. The van der Waals surface area contributed by atoms with Crippen LogP contribution in [0.5, 0.6) is 0 Å². The number of halogens is 1. The van der Waals surface area contributed by atoms with Gasteiger partial charge in [-0.2, -0.15) is 0 Å². The molecule has 1 atom stereocenters. The molecule has 0 radical (unpaired) electrons. The molecule has 0 aliphatic carbocycles. The SMILES string of the molecule is Cc1ccc(Cl)cc1C(CCC(=O)O)N=[N+]=[N-]. The van der Waals surface area contributed by atoms with E-state index in [1.165, 1.54) is 0 Å². The van der Waals surface area contributed by atoms with Crippen molar-refractivity contribution in [2.24, 2.45) is 5.11 Å². The summed E-state index contributed by atoms with van der Waals surface area (Å²) in [6.07, 6.45) is 0.218. The number of nitrogens with zero attached hydrogens (tertiary/aromatic N) is 3. The lowest BCUT2D eigenvalue weighted by Crippen LogP contribution is -2.02. The highest BCUT2D eigenvalue weighted by molar-refractivity contribution is 6.30. The number of hydrogen-bond donors (Lipinski definition) is 1. The normalized spacial score (nSPS) is 11.6. The third-order valence-corrected chi connectivity index (χ3v) is 2.66. The lowest BCUT2D eigenvalue weighted by molar-refractivity contribution is -0.137. The van der Waals surface area contributed by atoms with E-state index in [1.54, 1.807) is 12.1 Å². The minimum Gasteiger partial charge on any atom is -0.481 e. The molecular formula is C11H12ClN3O2. The van der Waals surface area contributed by atoms with Crippen molar-refractivity contribution in [1.29, 1.82) is 0 Å². The van der Waals surface area contributed by atoms with Gasteiger partial charge in [0.05, 0.1) is 6.04 Å². The van der Waals surface area contributed by atoms with Crippen LogP contribution in [0.2, 0.25) is 5.02 Å². The Hall–Kier alpha value is -1.71. The Morgan fingerprint density at radius 2 is 2.35 bits per heavy atom. The topological polar surface area (TPSA) is 86.1 Å². The fraction of sp³-hybridized carbons (Fsp3) is 0.364. The third-order valence-electron chi connectivity index (χ3n) is 2.42. The first-order valence-electron chi connectivity index (χ1n) is 5.06. The summed E-state index contributed by atoms with van der Waals surface area (Å²) in [4.78, 5) is 13.3. The highest BCUT2D eigenvalue weighted by atomic mass is 35.5. The number of carbonyl (C=O) groups is 1. The van der Waals surface area contributed by atoms with Gasteiger partial charge in [-0.3, -0.25) is 4.79 Å². The van der Waals surface area contributed by atoms with Crippen LogP contribution >= 0.6 is 11.6 Å². The Kier molecular flexibility index (Phi) is 4.82. The molecule has 1 aromatic rings. The monoisotopic (exact) mass is 253 g/mol. The molecule has 5 nitrogen and oxygen atoms in total. The van der Waals surface area contributed by atoms with Crippen LogP contribution in [0.15, 0.2) is 23.3 Å². The first kappa shape index (κ1) is 13.4. The van der Waals surface area contributed by atoms with E-state index in [0.717, 1.165) is 11.1 Å². The summed E-state index contributed by atoms with van der Waals surface area (Å²) in [5.74, 6) is -0.914. The van der Waals surface area contributed by atoms with Crippen LogP contribution in [0.25, 0.3) is 10.4 Å². The molecule has 0 fully saturated rings. The van der Waals surface area contributed by atoms with Crippen LogP contribution < -0.4 is 0 Å². The van der Waals surface area contributed by atoms with Gasteiger partial charge in [-0.1, -0.05) is 22.8 Å². The van der Waals surface area contributed by atoms with Crippen molar-refractivity contribution in [3.05, 3.63) is 44.8 Å². The summed E-state index contributed by atoms with van der Waals surface area (Å²) in [6, 6.07) is 4.77. The maximum atomic E-state index is 10.5. The van der Waals surface area contributed by atoms with Gasteiger partial charge in [0.15, 0.2) is 0 Å². The van der Waals surface area contributed by atoms with E-state index in [-0.39, 0.29) is 12.8 Å². The molecule has 1 unspecified atom stereocenters. The quantitative estimate of drug-likeness (QED) is 0.491. The van der Waals surface area contributed by atoms with E-state index in [4.69, 9.17) is 22.2 Å². The molecule has 0 saturated heterocycles.